The predicted octanol–water partition coefficient (Wildman–Crippen LogP) is -0.0450. The van der Waals surface area contributed by atoms with E-state index in [0.717, 1.165) is 4.57 Å². The third kappa shape index (κ3) is 3.61. The van der Waals surface area contributed by atoms with Gasteiger partial charge in [0, 0.05) is 11.8 Å². The first-order valence-corrected chi connectivity index (χ1v) is 10.4. The smallest absolute Gasteiger partial charge is 0.349 e. The van der Waals surface area contributed by atoms with E-state index in [0.29, 0.717) is 13.2 Å². The van der Waals surface area contributed by atoms with Crippen LogP contribution in [0.3, 0.4) is 0 Å². The van der Waals surface area contributed by atoms with Crippen molar-refractivity contribution in [2.24, 2.45) is 0 Å². The van der Waals surface area contributed by atoms with Crippen molar-refractivity contribution in [1.29, 1.82) is 0 Å². The standard InChI is InChI=1S/C15H21FN3O8P/c1-7-5-19(15(21)17-12(7)20)13-10(16)11-9(26-13)6-25-28(22,27-11)18-8(2)14-23-3-4-24-14/h5,8-11,13-14H,3-4,6H2,1-2H3,(H,18,22)(H,17,20,21)/t8-,9-,10+,11-,13-,28?/m0/s1. The van der Waals surface area contributed by atoms with Crippen molar-refractivity contribution in [3.8, 4) is 0 Å². The zero-order chi connectivity index (χ0) is 20.1. The molecule has 3 fully saturated rings. The van der Waals surface area contributed by atoms with Crippen LogP contribution in [0.2, 0.25) is 0 Å². The Labute approximate surface area is 158 Å². The first-order valence-electron chi connectivity index (χ1n) is 8.83. The van der Waals surface area contributed by atoms with Crippen LogP contribution < -0.4 is 16.3 Å². The maximum absolute atomic E-state index is 15.0. The maximum atomic E-state index is 15.0. The molecule has 1 aromatic heterocycles. The van der Waals surface area contributed by atoms with Crippen LogP contribution in [-0.4, -0.2) is 60.1 Å². The van der Waals surface area contributed by atoms with E-state index >= 15 is 4.39 Å². The summed E-state index contributed by atoms with van der Waals surface area (Å²) >= 11 is 0. The van der Waals surface area contributed by atoms with Crippen LogP contribution in [-0.2, 0) is 27.8 Å². The lowest BCUT2D eigenvalue weighted by Gasteiger charge is -2.33. The fourth-order valence-corrected chi connectivity index (χ4v) is 5.09. The molecule has 156 valence electrons. The number of hydrogen-bond acceptors (Lipinski definition) is 8. The van der Waals surface area contributed by atoms with Gasteiger partial charge in [-0.1, -0.05) is 0 Å². The average Bonchev–Trinajstić information content (AvgIpc) is 3.27. The Morgan fingerprint density at radius 2 is 2.07 bits per heavy atom. The number of H-pyrrole nitrogens is 1. The Morgan fingerprint density at radius 1 is 1.36 bits per heavy atom. The molecule has 0 spiro atoms. The van der Waals surface area contributed by atoms with Crippen LogP contribution in [0.25, 0.3) is 0 Å². The van der Waals surface area contributed by atoms with E-state index in [1.54, 1.807) is 6.92 Å². The summed E-state index contributed by atoms with van der Waals surface area (Å²) in [5, 5.41) is 2.68. The highest BCUT2D eigenvalue weighted by Crippen LogP contribution is 2.53. The van der Waals surface area contributed by atoms with E-state index in [-0.39, 0.29) is 12.2 Å². The monoisotopic (exact) mass is 421 g/mol. The zero-order valence-electron chi connectivity index (χ0n) is 15.2. The number of rotatable bonds is 4. The molecule has 28 heavy (non-hydrogen) atoms. The number of aromatic amines is 1. The van der Waals surface area contributed by atoms with Crippen LogP contribution in [0.5, 0.6) is 0 Å². The molecular formula is C15H21FN3O8P. The molecule has 13 heteroatoms. The van der Waals surface area contributed by atoms with Gasteiger partial charge in [0.15, 0.2) is 18.7 Å². The number of aryl methyl sites for hydroxylation is 1. The fraction of sp³-hybridized carbons (Fsp3) is 0.733. The summed E-state index contributed by atoms with van der Waals surface area (Å²) in [5.41, 5.74) is -1.15. The molecule has 6 atom stereocenters. The molecule has 0 radical (unpaired) electrons. The highest BCUT2D eigenvalue weighted by molar-refractivity contribution is 7.51. The summed E-state index contributed by atoms with van der Waals surface area (Å²) in [7, 11) is -3.85. The molecule has 4 rings (SSSR count). The van der Waals surface area contributed by atoms with E-state index in [1.165, 1.54) is 13.1 Å². The molecule has 2 N–H and O–H groups in total. The largest absolute Gasteiger partial charge is 0.406 e. The van der Waals surface area contributed by atoms with Gasteiger partial charge in [0.25, 0.3) is 5.56 Å². The van der Waals surface area contributed by atoms with Crippen LogP contribution in [0.15, 0.2) is 15.8 Å². The molecule has 0 aliphatic carbocycles. The highest BCUT2D eigenvalue weighted by Gasteiger charge is 2.54. The van der Waals surface area contributed by atoms with Crippen molar-refractivity contribution in [1.82, 2.24) is 14.6 Å². The number of nitrogens with one attached hydrogen (secondary N) is 2. The van der Waals surface area contributed by atoms with E-state index < -0.39 is 55.9 Å². The van der Waals surface area contributed by atoms with E-state index in [2.05, 4.69) is 10.1 Å². The van der Waals surface area contributed by atoms with Crippen molar-refractivity contribution < 1.29 is 32.2 Å². The summed E-state index contributed by atoms with van der Waals surface area (Å²) in [5.74, 6) is 0. The van der Waals surface area contributed by atoms with Crippen LogP contribution >= 0.6 is 7.75 Å². The SMILES string of the molecule is Cc1cn([C@H]2O[C@H]3COP(=O)(N[C@@H](C)C4OCCO4)O[C@@H]3[C@H]2F)c(=O)[nH]c1=O. The number of alkyl halides is 1. The number of halogens is 1. The van der Waals surface area contributed by atoms with Crippen LogP contribution in [0.1, 0.15) is 18.7 Å². The Kier molecular flexibility index (Phi) is 5.29. The van der Waals surface area contributed by atoms with Crippen LogP contribution in [0, 0.1) is 6.92 Å². The van der Waals surface area contributed by atoms with Gasteiger partial charge in [-0.3, -0.25) is 23.4 Å². The lowest BCUT2D eigenvalue weighted by atomic mass is 10.1. The molecule has 0 bridgehead atoms. The summed E-state index contributed by atoms with van der Waals surface area (Å²) in [4.78, 5) is 25.7. The first-order chi connectivity index (χ1) is 13.3. The van der Waals surface area contributed by atoms with E-state index in [4.69, 9.17) is 23.3 Å². The molecule has 3 saturated heterocycles. The molecule has 0 saturated carbocycles. The summed E-state index contributed by atoms with van der Waals surface area (Å²) < 4.78 is 55.8. The maximum Gasteiger partial charge on any atom is 0.406 e. The molecule has 0 aromatic carbocycles. The van der Waals surface area contributed by atoms with Gasteiger partial charge in [-0.2, -0.15) is 0 Å². The number of fused-ring (bicyclic) bond motifs is 1. The van der Waals surface area contributed by atoms with Crippen molar-refractivity contribution >= 4 is 7.75 Å². The Bertz CT molecular complexity index is 900. The second kappa shape index (κ2) is 7.45. The first kappa shape index (κ1) is 19.9. The number of ether oxygens (including phenoxy) is 3. The van der Waals surface area contributed by atoms with Gasteiger partial charge in [0.05, 0.1) is 25.9 Å². The molecule has 1 aromatic rings. The Hall–Kier alpha value is -1.40. The average molecular weight is 421 g/mol. The third-order valence-electron chi connectivity index (χ3n) is 4.77. The van der Waals surface area contributed by atoms with E-state index in [9.17, 15) is 14.2 Å². The van der Waals surface area contributed by atoms with Crippen molar-refractivity contribution in [2.75, 3.05) is 19.8 Å². The van der Waals surface area contributed by atoms with Crippen LogP contribution in [0.4, 0.5) is 4.39 Å². The normalized spacial score (nSPS) is 37.1. The van der Waals surface area contributed by atoms with Gasteiger partial charge in [-0.05, 0) is 13.8 Å². The second-order valence-electron chi connectivity index (χ2n) is 6.88. The molecule has 0 amide bonds. The van der Waals surface area contributed by atoms with Gasteiger partial charge in [-0.25, -0.2) is 18.8 Å². The highest BCUT2D eigenvalue weighted by atomic mass is 31.2. The zero-order valence-corrected chi connectivity index (χ0v) is 16.1. The topological polar surface area (TPSA) is 130 Å². The number of hydrogen-bond donors (Lipinski definition) is 2. The van der Waals surface area contributed by atoms with Gasteiger partial charge in [0.1, 0.15) is 12.2 Å². The minimum absolute atomic E-state index is 0.192. The Balaban J connectivity index is 1.50. The number of nitrogens with zero attached hydrogens (tertiary/aromatic N) is 1. The van der Waals surface area contributed by atoms with Crippen molar-refractivity contribution in [3.05, 3.63) is 32.6 Å². The van der Waals surface area contributed by atoms with E-state index in [1.807, 2.05) is 0 Å². The quantitative estimate of drug-likeness (QED) is 0.643. The van der Waals surface area contributed by atoms with Crippen molar-refractivity contribution in [3.63, 3.8) is 0 Å². The second-order valence-corrected chi connectivity index (χ2v) is 8.60. The molecular weight excluding hydrogens is 400 g/mol. The molecule has 3 aliphatic heterocycles. The minimum Gasteiger partial charge on any atom is -0.349 e. The summed E-state index contributed by atoms with van der Waals surface area (Å²) in [6.45, 7) is 3.81. The summed E-state index contributed by atoms with van der Waals surface area (Å²) in [6, 6.07) is -0.523. The van der Waals surface area contributed by atoms with Gasteiger partial charge in [-0.15, -0.1) is 0 Å². The summed E-state index contributed by atoms with van der Waals surface area (Å²) in [6.07, 6.45) is -4.63. The third-order valence-corrected chi connectivity index (χ3v) is 6.51. The predicted molar refractivity (Wildman–Crippen MR) is 91.6 cm³/mol. The lowest BCUT2D eigenvalue weighted by molar-refractivity contribution is -0.0719. The fourth-order valence-electron chi connectivity index (χ4n) is 3.36. The number of aromatic nitrogens is 2. The Morgan fingerprint density at radius 3 is 2.79 bits per heavy atom. The van der Waals surface area contributed by atoms with Gasteiger partial charge >= 0.3 is 13.4 Å². The van der Waals surface area contributed by atoms with Gasteiger partial charge in [0.2, 0.25) is 0 Å². The minimum atomic E-state index is -3.85. The molecule has 1 unspecified atom stereocenters. The molecule has 3 aliphatic rings. The van der Waals surface area contributed by atoms with Crippen molar-refractivity contribution in [2.45, 2.75) is 50.8 Å². The lowest BCUT2D eigenvalue weighted by Crippen LogP contribution is -2.44. The van der Waals surface area contributed by atoms with Gasteiger partial charge < -0.3 is 14.2 Å². The molecule has 4 heterocycles. The molecule has 11 nitrogen and oxygen atoms in total.